The van der Waals surface area contributed by atoms with Crippen LogP contribution in [0.25, 0.3) is 0 Å². The van der Waals surface area contributed by atoms with Crippen LogP contribution in [-0.2, 0) is 6.54 Å². The van der Waals surface area contributed by atoms with Crippen LogP contribution in [0.2, 0.25) is 0 Å². The van der Waals surface area contributed by atoms with Crippen LogP contribution in [0.5, 0.6) is 0 Å². The Bertz CT molecular complexity index is 456. The molecule has 2 heterocycles. The van der Waals surface area contributed by atoms with Gasteiger partial charge in [-0.15, -0.1) is 0 Å². The molecule has 0 bridgehead atoms. The zero-order valence-corrected chi connectivity index (χ0v) is 10.7. The predicted molar refractivity (Wildman–Crippen MR) is 68.0 cm³/mol. The number of hydrogen-bond acceptors (Lipinski definition) is 3. The SMILES string of the molecule is CCn1cc(C(=O)N2C[C@@H]3CC[C@@H](N)[C@H]3C2)cn1. The highest BCUT2D eigenvalue weighted by Crippen LogP contribution is 2.37. The van der Waals surface area contributed by atoms with E-state index in [4.69, 9.17) is 5.73 Å². The lowest BCUT2D eigenvalue weighted by atomic mass is 9.98. The fourth-order valence-corrected chi connectivity index (χ4v) is 3.30. The minimum absolute atomic E-state index is 0.108. The third kappa shape index (κ3) is 1.82. The van der Waals surface area contributed by atoms with E-state index in [1.54, 1.807) is 10.9 Å². The van der Waals surface area contributed by atoms with Crippen LogP contribution >= 0.6 is 0 Å². The molecule has 1 aromatic rings. The molecule has 0 radical (unpaired) electrons. The lowest BCUT2D eigenvalue weighted by molar-refractivity contribution is 0.0779. The molecule has 0 aromatic carbocycles. The quantitative estimate of drug-likeness (QED) is 0.838. The Morgan fingerprint density at radius 1 is 1.50 bits per heavy atom. The molecule has 5 nitrogen and oxygen atoms in total. The summed E-state index contributed by atoms with van der Waals surface area (Å²) in [4.78, 5) is 14.3. The van der Waals surface area contributed by atoms with E-state index in [9.17, 15) is 4.79 Å². The van der Waals surface area contributed by atoms with Gasteiger partial charge in [-0.3, -0.25) is 9.48 Å². The summed E-state index contributed by atoms with van der Waals surface area (Å²) >= 11 is 0. The Morgan fingerprint density at radius 2 is 2.33 bits per heavy atom. The van der Waals surface area contributed by atoms with Crippen molar-refractivity contribution in [1.82, 2.24) is 14.7 Å². The average Bonchev–Trinajstić information content (AvgIpc) is 3.06. The Morgan fingerprint density at radius 3 is 3.00 bits per heavy atom. The second-order valence-corrected chi connectivity index (χ2v) is 5.46. The van der Waals surface area contributed by atoms with Gasteiger partial charge in [-0.2, -0.15) is 5.10 Å². The number of carbonyl (C=O) groups excluding carboxylic acids is 1. The Kier molecular flexibility index (Phi) is 2.86. The summed E-state index contributed by atoms with van der Waals surface area (Å²) in [6.07, 6.45) is 5.78. The third-order valence-corrected chi connectivity index (χ3v) is 4.40. The number of nitrogens with two attached hydrogens (primary N) is 1. The summed E-state index contributed by atoms with van der Waals surface area (Å²) in [5.74, 6) is 1.23. The molecule has 1 aliphatic heterocycles. The van der Waals surface area contributed by atoms with Crippen LogP contribution in [-0.4, -0.2) is 39.7 Å². The van der Waals surface area contributed by atoms with E-state index < -0.39 is 0 Å². The Labute approximate surface area is 107 Å². The fraction of sp³-hybridized carbons (Fsp3) is 0.692. The zero-order chi connectivity index (χ0) is 12.7. The van der Waals surface area contributed by atoms with Crippen LogP contribution in [0.1, 0.15) is 30.1 Å². The lowest BCUT2D eigenvalue weighted by Gasteiger charge is -2.17. The van der Waals surface area contributed by atoms with Gasteiger partial charge in [0.05, 0.1) is 11.8 Å². The van der Waals surface area contributed by atoms with Crippen molar-refractivity contribution < 1.29 is 4.79 Å². The molecule has 0 spiro atoms. The summed E-state index contributed by atoms with van der Waals surface area (Å²) in [7, 11) is 0. The smallest absolute Gasteiger partial charge is 0.257 e. The second kappa shape index (κ2) is 4.39. The normalized spacial score (nSPS) is 30.8. The van der Waals surface area contributed by atoms with Crippen molar-refractivity contribution in [2.24, 2.45) is 17.6 Å². The van der Waals surface area contributed by atoms with Gasteiger partial charge in [0, 0.05) is 31.9 Å². The van der Waals surface area contributed by atoms with E-state index >= 15 is 0 Å². The molecule has 2 fully saturated rings. The van der Waals surface area contributed by atoms with Crippen LogP contribution < -0.4 is 5.73 Å². The molecule has 98 valence electrons. The molecule has 3 atom stereocenters. The second-order valence-electron chi connectivity index (χ2n) is 5.46. The molecule has 2 N–H and O–H groups in total. The molecule has 1 amide bonds. The standard InChI is InChI=1S/C13H20N4O/c1-2-17-7-10(5-15-17)13(18)16-6-9-3-4-12(14)11(9)8-16/h5,7,9,11-12H,2-4,6,8,14H2,1H3/t9-,11-,12+/m0/s1. The molecule has 2 aliphatic rings. The summed E-state index contributed by atoms with van der Waals surface area (Å²) in [6, 6.07) is 0.283. The van der Waals surface area contributed by atoms with Gasteiger partial charge in [-0.1, -0.05) is 0 Å². The molecule has 0 unspecified atom stereocenters. The number of carbonyl (C=O) groups is 1. The molecular formula is C13H20N4O. The average molecular weight is 248 g/mol. The highest BCUT2D eigenvalue weighted by atomic mass is 16.2. The Hall–Kier alpha value is -1.36. The van der Waals surface area contributed by atoms with E-state index in [1.165, 1.54) is 6.42 Å². The maximum absolute atomic E-state index is 12.3. The van der Waals surface area contributed by atoms with Crippen molar-refractivity contribution in [2.45, 2.75) is 32.4 Å². The molecule has 5 heteroatoms. The van der Waals surface area contributed by atoms with Crippen LogP contribution in [0, 0.1) is 11.8 Å². The highest BCUT2D eigenvalue weighted by Gasteiger charge is 2.42. The van der Waals surface area contributed by atoms with E-state index in [0.29, 0.717) is 17.4 Å². The van der Waals surface area contributed by atoms with Crippen LogP contribution in [0.3, 0.4) is 0 Å². The molecule has 1 aromatic heterocycles. The monoisotopic (exact) mass is 248 g/mol. The first-order valence-electron chi connectivity index (χ1n) is 6.76. The van der Waals surface area contributed by atoms with E-state index in [0.717, 1.165) is 26.1 Å². The van der Waals surface area contributed by atoms with Crippen molar-refractivity contribution in [3.63, 3.8) is 0 Å². The lowest BCUT2D eigenvalue weighted by Crippen LogP contribution is -2.33. The van der Waals surface area contributed by atoms with Crippen molar-refractivity contribution in [1.29, 1.82) is 0 Å². The first kappa shape index (κ1) is 11.7. The number of rotatable bonds is 2. The molecular weight excluding hydrogens is 228 g/mol. The number of fused-ring (bicyclic) bond motifs is 1. The van der Waals surface area contributed by atoms with Crippen molar-refractivity contribution in [2.75, 3.05) is 13.1 Å². The van der Waals surface area contributed by atoms with Gasteiger partial charge in [0.2, 0.25) is 0 Å². The number of amides is 1. The number of likely N-dealkylation sites (tertiary alicyclic amines) is 1. The van der Waals surface area contributed by atoms with Gasteiger partial charge in [-0.05, 0) is 31.6 Å². The maximum Gasteiger partial charge on any atom is 0.257 e. The third-order valence-electron chi connectivity index (χ3n) is 4.40. The topological polar surface area (TPSA) is 64.2 Å². The minimum Gasteiger partial charge on any atom is -0.338 e. The van der Waals surface area contributed by atoms with Gasteiger partial charge in [0.25, 0.3) is 5.91 Å². The highest BCUT2D eigenvalue weighted by molar-refractivity contribution is 5.94. The van der Waals surface area contributed by atoms with Gasteiger partial charge < -0.3 is 10.6 Å². The van der Waals surface area contributed by atoms with Crippen molar-refractivity contribution >= 4 is 5.91 Å². The Balaban J connectivity index is 1.71. The van der Waals surface area contributed by atoms with Crippen molar-refractivity contribution in [3.8, 4) is 0 Å². The van der Waals surface area contributed by atoms with E-state index in [-0.39, 0.29) is 11.9 Å². The minimum atomic E-state index is 0.108. The molecule has 3 rings (SSSR count). The molecule has 1 saturated heterocycles. The maximum atomic E-state index is 12.3. The van der Waals surface area contributed by atoms with Gasteiger partial charge in [-0.25, -0.2) is 0 Å². The molecule has 1 saturated carbocycles. The van der Waals surface area contributed by atoms with Gasteiger partial charge in [0.1, 0.15) is 0 Å². The molecule has 18 heavy (non-hydrogen) atoms. The largest absolute Gasteiger partial charge is 0.338 e. The summed E-state index contributed by atoms with van der Waals surface area (Å²) in [6.45, 7) is 4.50. The molecule has 1 aliphatic carbocycles. The number of aromatic nitrogens is 2. The van der Waals surface area contributed by atoms with E-state index in [2.05, 4.69) is 5.10 Å². The number of aryl methyl sites for hydroxylation is 1. The number of hydrogen-bond donors (Lipinski definition) is 1. The predicted octanol–water partition coefficient (Wildman–Crippen LogP) is 0.712. The zero-order valence-electron chi connectivity index (χ0n) is 10.7. The van der Waals surface area contributed by atoms with Gasteiger partial charge >= 0.3 is 0 Å². The van der Waals surface area contributed by atoms with Crippen LogP contribution in [0.4, 0.5) is 0 Å². The fourth-order valence-electron chi connectivity index (χ4n) is 3.30. The first-order valence-corrected chi connectivity index (χ1v) is 6.76. The summed E-state index contributed by atoms with van der Waals surface area (Å²) in [5, 5.41) is 4.16. The summed E-state index contributed by atoms with van der Waals surface area (Å²) < 4.78 is 1.79. The summed E-state index contributed by atoms with van der Waals surface area (Å²) in [5.41, 5.74) is 6.79. The van der Waals surface area contributed by atoms with Crippen molar-refractivity contribution in [3.05, 3.63) is 18.0 Å². The number of nitrogens with zero attached hydrogens (tertiary/aromatic N) is 3. The van der Waals surface area contributed by atoms with Crippen LogP contribution in [0.15, 0.2) is 12.4 Å². The first-order chi connectivity index (χ1) is 8.69. The van der Waals surface area contributed by atoms with E-state index in [1.807, 2.05) is 18.0 Å². The van der Waals surface area contributed by atoms with Gasteiger partial charge in [0.15, 0.2) is 0 Å².